The smallest absolute Gasteiger partial charge is 0.126 e. The van der Waals surface area contributed by atoms with Gasteiger partial charge in [0.1, 0.15) is 11.6 Å². The van der Waals surface area contributed by atoms with Gasteiger partial charge in [0, 0.05) is 31.3 Å². The minimum atomic E-state index is -0.531. The first kappa shape index (κ1) is 16.3. The van der Waals surface area contributed by atoms with Crippen LogP contribution in [0.1, 0.15) is 31.4 Å². The number of halogens is 2. The Balaban J connectivity index is 1.96. The van der Waals surface area contributed by atoms with Crippen LogP contribution < -0.4 is 5.32 Å². The Bertz CT molecular complexity index is 449. The van der Waals surface area contributed by atoms with Gasteiger partial charge in [-0.05, 0) is 51.6 Å². The Kier molecular flexibility index (Phi) is 5.67. The van der Waals surface area contributed by atoms with E-state index in [2.05, 4.69) is 24.2 Å². The number of hydrogen-bond acceptors (Lipinski definition) is 3. The second kappa shape index (κ2) is 7.29. The molecule has 0 saturated carbocycles. The second-order valence-electron chi connectivity index (χ2n) is 5.75. The SMILES string of the molecule is CNC(CCN(C)C1CCOC1C)c1cc(F)cc(F)c1. The summed E-state index contributed by atoms with van der Waals surface area (Å²) in [6, 6.07) is 4.05. The third-order valence-electron chi connectivity index (χ3n) is 4.31. The summed E-state index contributed by atoms with van der Waals surface area (Å²) in [5, 5.41) is 3.14. The maximum atomic E-state index is 13.3. The predicted molar refractivity (Wildman–Crippen MR) is 79.2 cm³/mol. The van der Waals surface area contributed by atoms with Crippen molar-refractivity contribution < 1.29 is 13.5 Å². The highest BCUT2D eigenvalue weighted by atomic mass is 19.1. The predicted octanol–water partition coefficient (Wildman–Crippen LogP) is 2.72. The molecule has 0 bridgehead atoms. The molecule has 1 aromatic carbocycles. The fourth-order valence-electron chi connectivity index (χ4n) is 3.05. The minimum Gasteiger partial charge on any atom is -0.377 e. The first-order valence-corrected chi connectivity index (χ1v) is 7.46. The van der Waals surface area contributed by atoms with Crippen molar-refractivity contribution in [2.75, 3.05) is 27.2 Å². The van der Waals surface area contributed by atoms with Gasteiger partial charge in [-0.1, -0.05) is 0 Å². The summed E-state index contributed by atoms with van der Waals surface area (Å²) in [7, 11) is 3.89. The molecule has 0 radical (unpaired) electrons. The Morgan fingerprint density at radius 2 is 2.00 bits per heavy atom. The van der Waals surface area contributed by atoms with Crippen molar-refractivity contribution in [3.05, 3.63) is 35.4 Å². The van der Waals surface area contributed by atoms with Crippen molar-refractivity contribution in [2.24, 2.45) is 0 Å². The highest BCUT2D eigenvalue weighted by molar-refractivity contribution is 5.21. The average molecular weight is 298 g/mol. The summed E-state index contributed by atoms with van der Waals surface area (Å²) in [4.78, 5) is 2.28. The molecule has 1 fully saturated rings. The second-order valence-corrected chi connectivity index (χ2v) is 5.75. The fourth-order valence-corrected chi connectivity index (χ4v) is 3.05. The number of benzene rings is 1. The molecule has 3 atom stereocenters. The number of hydrogen-bond donors (Lipinski definition) is 1. The van der Waals surface area contributed by atoms with Crippen LogP contribution in [-0.2, 0) is 4.74 Å². The first-order chi connectivity index (χ1) is 10.0. The number of nitrogens with one attached hydrogen (secondary N) is 1. The molecule has 118 valence electrons. The van der Waals surface area contributed by atoms with Crippen LogP contribution in [0.15, 0.2) is 18.2 Å². The van der Waals surface area contributed by atoms with E-state index in [1.54, 1.807) is 0 Å². The Morgan fingerprint density at radius 1 is 1.33 bits per heavy atom. The van der Waals surface area contributed by atoms with Gasteiger partial charge in [-0.2, -0.15) is 0 Å². The third-order valence-corrected chi connectivity index (χ3v) is 4.31. The van der Waals surface area contributed by atoms with Crippen LogP contribution in [0.4, 0.5) is 8.78 Å². The topological polar surface area (TPSA) is 24.5 Å². The van der Waals surface area contributed by atoms with Gasteiger partial charge in [0.25, 0.3) is 0 Å². The summed E-state index contributed by atoms with van der Waals surface area (Å²) in [6.45, 7) is 3.74. The zero-order chi connectivity index (χ0) is 15.4. The molecule has 5 heteroatoms. The molecule has 1 aromatic rings. The zero-order valence-electron chi connectivity index (χ0n) is 12.9. The highest BCUT2D eigenvalue weighted by Gasteiger charge is 2.28. The zero-order valence-corrected chi connectivity index (χ0v) is 12.9. The Labute approximate surface area is 125 Å². The maximum absolute atomic E-state index is 13.3. The molecule has 2 rings (SSSR count). The van der Waals surface area contributed by atoms with Gasteiger partial charge < -0.3 is 15.0 Å². The van der Waals surface area contributed by atoms with Gasteiger partial charge in [-0.3, -0.25) is 0 Å². The average Bonchev–Trinajstić information content (AvgIpc) is 2.84. The van der Waals surface area contributed by atoms with Gasteiger partial charge in [-0.25, -0.2) is 8.78 Å². The molecule has 1 aliphatic rings. The third kappa shape index (κ3) is 4.22. The summed E-state index contributed by atoms with van der Waals surface area (Å²) in [5.41, 5.74) is 0.652. The normalized spacial score (nSPS) is 23.7. The van der Waals surface area contributed by atoms with E-state index in [-0.39, 0.29) is 12.1 Å². The van der Waals surface area contributed by atoms with Gasteiger partial charge in [0.05, 0.1) is 6.10 Å². The van der Waals surface area contributed by atoms with Crippen LogP contribution in [0.25, 0.3) is 0 Å². The molecule has 0 amide bonds. The lowest BCUT2D eigenvalue weighted by atomic mass is 10.0. The molecule has 1 aliphatic heterocycles. The largest absolute Gasteiger partial charge is 0.377 e. The molecule has 3 unspecified atom stereocenters. The standard InChI is InChI=1S/C16H24F2N2O/c1-11-16(5-7-21-11)20(3)6-4-15(19-2)12-8-13(17)10-14(18)9-12/h8-11,15-16,19H,4-7H2,1-3H3. The van der Waals surface area contributed by atoms with Gasteiger partial charge >= 0.3 is 0 Å². The van der Waals surface area contributed by atoms with Crippen LogP contribution in [0.3, 0.4) is 0 Å². The molecule has 21 heavy (non-hydrogen) atoms. The van der Waals surface area contributed by atoms with Crippen molar-refractivity contribution in [3.8, 4) is 0 Å². The maximum Gasteiger partial charge on any atom is 0.126 e. The van der Waals surface area contributed by atoms with Crippen LogP contribution in [0, 0.1) is 11.6 Å². The summed E-state index contributed by atoms with van der Waals surface area (Å²) in [6.07, 6.45) is 2.07. The molecule has 1 N–H and O–H groups in total. The Morgan fingerprint density at radius 3 is 2.52 bits per heavy atom. The number of likely N-dealkylation sites (N-methyl/N-ethyl adjacent to an activating group) is 1. The summed E-state index contributed by atoms with van der Waals surface area (Å²) < 4.78 is 32.2. The molecular formula is C16H24F2N2O. The van der Waals surface area contributed by atoms with E-state index >= 15 is 0 Å². The molecule has 3 nitrogen and oxygen atoms in total. The van der Waals surface area contributed by atoms with Crippen molar-refractivity contribution >= 4 is 0 Å². The first-order valence-electron chi connectivity index (χ1n) is 7.46. The number of nitrogens with zero attached hydrogens (tertiary/aromatic N) is 1. The van der Waals surface area contributed by atoms with Crippen LogP contribution in [0.2, 0.25) is 0 Å². The summed E-state index contributed by atoms with van der Waals surface area (Å²) >= 11 is 0. The number of ether oxygens (including phenoxy) is 1. The van der Waals surface area contributed by atoms with E-state index in [0.717, 1.165) is 32.1 Å². The van der Waals surface area contributed by atoms with Crippen molar-refractivity contribution in [1.82, 2.24) is 10.2 Å². The molecule has 0 aromatic heterocycles. The molecular weight excluding hydrogens is 274 g/mol. The van der Waals surface area contributed by atoms with Crippen molar-refractivity contribution in [3.63, 3.8) is 0 Å². The van der Waals surface area contributed by atoms with E-state index in [4.69, 9.17) is 4.74 Å². The van der Waals surface area contributed by atoms with Crippen LogP contribution >= 0.6 is 0 Å². The van der Waals surface area contributed by atoms with Crippen LogP contribution in [0.5, 0.6) is 0 Å². The van der Waals surface area contributed by atoms with Gasteiger partial charge in [0.15, 0.2) is 0 Å². The van der Waals surface area contributed by atoms with Gasteiger partial charge in [0.2, 0.25) is 0 Å². The van der Waals surface area contributed by atoms with E-state index in [1.165, 1.54) is 12.1 Å². The van der Waals surface area contributed by atoms with Crippen molar-refractivity contribution in [2.45, 2.75) is 38.0 Å². The molecule has 0 spiro atoms. The van der Waals surface area contributed by atoms with E-state index in [0.29, 0.717) is 11.6 Å². The quantitative estimate of drug-likeness (QED) is 0.874. The lowest BCUT2D eigenvalue weighted by Gasteiger charge is -2.28. The molecule has 1 saturated heterocycles. The van der Waals surface area contributed by atoms with Crippen LogP contribution in [-0.4, -0.2) is 44.3 Å². The van der Waals surface area contributed by atoms with Crippen molar-refractivity contribution in [1.29, 1.82) is 0 Å². The van der Waals surface area contributed by atoms with Gasteiger partial charge in [-0.15, -0.1) is 0 Å². The highest BCUT2D eigenvalue weighted by Crippen LogP contribution is 2.22. The Hall–Kier alpha value is -1.04. The summed E-state index contributed by atoms with van der Waals surface area (Å²) in [5.74, 6) is -1.06. The molecule has 1 heterocycles. The lowest BCUT2D eigenvalue weighted by Crippen LogP contribution is -2.38. The fraction of sp³-hybridized carbons (Fsp3) is 0.625. The van der Waals surface area contributed by atoms with E-state index < -0.39 is 11.6 Å². The minimum absolute atomic E-state index is 0.0599. The number of rotatable bonds is 6. The monoisotopic (exact) mass is 298 g/mol. The van der Waals surface area contributed by atoms with E-state index in [1.807, 2.05) is 7.05 Å². The molecule has 0 aliphatic carbocycles. The lowest BCUT2D eigenvalue weighted by molar-refractivity contribution is 0.0824. The van der Waals surface area contributed by atoms with E-state index in [9.17, 15) is 8.78 Å².